The van der Waals surface area contributed by atoms with Crippen molar-refractivity contribution in [1.82, 2.24) is 5.32 Å². The molecular weight excluding hydrogens is 248 g/mol. The van der Waals surface area contributed by atoms with Crippen LogP contribution in [0.3, 0.4) is 0 Å². The van der Waals surface area contributed by atoms with Crippen molar-refractivity contribution >= 4 is 11.6 Å². The molecule has 2 atom stereocenters. The Kier molecular flexibility index (Phi) is 5.40. The summed E-state index contributed by atoms with van der Waals surface area (Å²) in [5.41, 5.74) is 11.7. The van der Waals surface area contributed by atoms with Crippen molar-refractivity contribution in [3.05, 3.63) is 39.9 Å². The van der Waals surface area contributed by atoms with Crippen LogP contribution in [0.15, 0.2) is 24.3 Å². The maximum absolute atomic E-state index is 11.3. The van der Waals surface area contributed by atoms with Gasteiger partial charge in [0, 0.05) is 24.7 Å². The van der Waals surface area contributed by atoms with Gasteiger partial charge in [-0.25, -0.2) is 0 Å². The molecule has 0 aliphatic carbocycles. The van der Waals surface area contributed by atoms with Crippen LogP contribution in [0.25, 0.3) is 0 Å². The van der Waals surface area contributed by atoms with Crippen molar-refractivity contribution in [2.45, 2.75) is 25.4 Å². The predicted molar refractivity (Wildman–Crippen MR) is 71.4 cm³/mol. The highest BCUT2D eigenvalue weighted by Crippen LogP contribution is 2.13. The lowest BCUT2D eigenvalue weighted by Crippen LogP contribution is -2.46. The molecule has 0 aliphatic heterocycles. The number of hydrogen-bond donors (Lipinski definition) is 3. The molecule has 0 saturated heterocycles. The molecule has 0 spiro atoms. The monoisotopic (exact) mass is 266 g/mol. The lowest BCUT2D eigenvalue weighted by molar-refractivity contribution is -0.384. The number of primary amides is 1. The van der Waals surface area contributed by atoms with Crippen molar-refractivity contribution < 1.29 is 9.72 Å². The molecule has 0 bridgehead atoms. The van der Waals surface area contributed by atoms with Gasteiger partial charge in [0.05, 0.1) is 11.0 Å². The molecule has 7 heteroatoms. The largest absolute Gasteiger partial charge is 0.368 e. The van der Waals surface area contributed by atoms with E-state index in [1.54, 1.807) is 12.1 Å². The fourth-order valence-corrected chi connectivity index (χ4v) is 1.59. The first-order valence-corrected chi connectivity index (χ1v) is 5.91. The second kappa shape index (κ2) is 6.81. The van der Waals surface area contributed by atoms with E-state index in [4.69, 9.17) is 11.5 Å². The van der Waals surface area contributed by atoms with Gasteiger partial charge in [-0.05, 0) is 18.9 Å². The summed E-state index contributed by atoms with van der Waals surface area (Å²) in [5, 5.41) is 13.5. The van der Waals surface area contributed by atoms with E-state index in [1.807, 2.05) is 6.92 Å². The van der Waals surface area contributed by atoms with Crippen molar-refractivity contribution in [2.24, 2.45) is 11.5 Å². The Balaban J connectivity index is 2.68. The van der Waals surface area contributed by atoms with Gasteiger partial charge in [-0.1, -0.05) is 12.1 Å². The van der Waals surface area contributed by atoms with Gasteiger partial charge in [-0.15, -0.1) is 0 Å². The van der Waals surface area contributed by atoms with Gasteiger partial charge in [0.1, 0.15) is 0 Å². The third-order valence-corrected chi connectivity index (χ3v) is 2.62. The Hall–Kier alpha value is -1.99. The third-order valence-electron chi connectivity index (χ3n) is 2.62. The second-order valence-electron chi connectivity index (χ2n) is 4.47. The van der Waals surface area contributed by atoms with E-state index in [-0.39, 0.29) is 11.7 Å². The fraction of sp³-hybridized carbons (Fsp3) is 0.417. The number of benzene rings is 1. The Morgan fingerprint density at radius 3 is 2.42 bits per heavy atom. The molecular formula is C12H18N4O3. The SMILES string of the molecule is CC(N)CN[C@@H](Cc1ccc([N+](=O)[O-])cc1)C(N)=O. The van der Waals surface area contributed by atoms with E-state index in [9.17, 15) is 14.9 Å². The van der Waals surface area contributed by atoms with E-state index in [0.717, 1.165) is 5.56 Å². The van der Waals surface area contributed by atoms with Crippen LogP contribution in [-0.4, -0.2) is 29.5 Å². The zero-order valence-electron chi connectivity index (χ0n) is 10.7. The van der Waals surface area contributed by atoms with Crippen LogP contribution in [0.1, 0.15) is 12.5 Å². The summed E-state index contributed by atoms with van der Waals surface area (Å²) >= 11 is 0. The van der Waals surface area contributed by atoms with E-state index in [1.165, 1.54) is 12.1 Å². The van der Waals surface area contributed by atoms with Crippen LogP contribution in [0.5, 0.6) is 0 Å². The molecule has 0 aromatic heterocycles. The summed E-state index contributed by atoms with van der Waals surface area (Å²) in [6.45, 7) is 2.29. The average Bonchev–Trinajstić information content (AvgIpc) is 2.34. The Bertz CT molecular complexity index is 445. The minimum absolute atomic E-state index is 0.0166. The molecule has 0 heterocycles. The smallest absolute Gasteiger partial charge is 0.269 e. The van der Waals surface area contributed by atoms with E-state index < -0.39 is 16.9 Å². The second-order valence-corrected chi connectivity index (χ2v) is 4.47. The van der Waals surface area contributed by atoms with Crippen molar-refractivity contribution in [2.75, 3.05) is 6.54 Å². The number of amides is 1. The van der Waals surface area contributed by atoms with Gasteiger partial charge < -0.3 is 16.8 Å². The minimum Gasteiger partial charge on any atom is -0.368 e. The van der Waals surface area contributed by atoms with E-state index >= 15 is 0 Å². The van der Waals surface area contributed by atoms with Gasteiger partial charge in [0.2, 0.25) is 5.91 Å². The Morgan fingerprint density at radius 2 is 2.00 bits per heavy atom. The normalized spacial score (nSPS) is 13.8. The van der Waals surface area contributed by atoms with Gasteiger partial charge >= 0.3 is 0 Å². The van der Waals surface area contributed by atoms with Crippen LogP contribution < -0.4 is 16.8 Å². The molecule has 5 N–H and O–H groups in total. The molecule has 19 heavy (non-hydrogen) atoms. The summed E-state index contributed by atoms with van der Waals surface area (Å²) < 4.78 is 0. The quantitative estimate of drug-likeness (QED) is 0.470. The Labute approximate surface area is 111 Å². The zero-order valence-corrected chi connectivity index (χ0v) is 10.7. The predicted octanol–water partition coefficient (Wildman–Crippen LogP) is -0.0720. The highest BCUT2D eigenvalue weighted by Gasteiger charge is 2.16. The van der Waals surface area contributed by atoms with Gasteiger partial charge in [-0.2, -0.15) is 0 Å². The lowest BCUT2D eigenvalue weighted by Gasteiger charge is -2.16. The number of nitro groups is 1. The number of nitrogens with zero attached hydrogens (tertiary/aromatic N) is 1. The van der Waals surface area contributed by atoms with Crippen LogP contribution >= 0.6 is 0 Å². The number of non-ortho nitro benzene ring substituents is 1. The van der Waals surface area contributed by atoms with Crippen molar-refractivity contribution in [3.63, 3.8) is 0 Å². The molecule has 1 rings (SSSR count). The Morgan fingerprint density at radius 1 is 1.42 bits per heavy atom. The maximum atomic E-state index is 11.3. The first kappa shape index (κ1) is 15.1. The summed E-state index contributed by atoms with van der Waals surface area (Å²) in [6, 6.07) is 5.41. The molecule has 0 saturated carbocycles. The van der Waals surface area contributed by atoms with E-state index in [0.29, 0.717) is 13.0 Å². The molecule has 1 unspecified atom stereocenters. The van der Waals surface area contributed by atoms with Gasteiger partial charge in [0.25, 0.3) is 5.69 Å². The number of hydrogen-bond acceptors (Lipinski definition) is 5. The van der Waals surface area contributed by atoms with E-state index in [2.05, 4.69) is 5.32 Å². The summed E-state index contributed by atoms with van der Waals surface area (Å²) in [4.78, 5) is 21.4. The van der Waals surface area contributed by atoms with Crippen molar-refractivity contribution in [1.29, 1.82) is 0 Å². The zero-order chi connectivity index (χ0) is 14.4. The number of carbonyl (C=O) groups excluding carboxylic acids is 1. The maximum Gasteiger partial charge on any atom is 0.269 e. The fourth-order valence-electron chi connectivity index (χ4n) is 1.59. The highest BCUT2D eigenvalue weighted by atomic mass is 16.6. The number of nitrogens with one attached hydrogen (secondary N) is 1. The standard InChI is InChI=1S/C12H18N4O3/c1-8(13)7-15-11(12(14)17)6-9-2-4-10(5-3-9)16(18)19/h2-5,8,11,15H,6-7,13H2,1H3,(H2,14,17)/t8?,11-/m0/s1. The minimum atomic E-state index is -0.535. The van der Waals surface area contributed by atoms with Crippen LogP contribution in [0.4, 0.5) is 5.69 Å². The third kappa shape index (κ3) is 5.02. The number of nitro benzene ring substituents is 1. The molecule has 1 amide bonds. The number of carbonyl (C=O) groups is 1. The van der Waals surface area contributed by atoms with Gasteiger partial charge in [0.15, 0.2) is 0 Å². The average molecular weight is 266 g/mol. The molecule has 0 fully saturated rings. The first-order valence-electron chi connectivity index (χ1n) is 5.91. The van der Waals surface area contributed by atoms with Crippen molar-refractivity contribution in [3.8, 4) is 0 Å². The van der Waals surface area contributed by atoms with Crippen LogP contribution in [0, 0.1) is 10.1 Å². The molecule has 0 aliphatic rings. The number of rotatable bonds is 7. The summed E-state index contributed by atoms with van der Waals surface area (Å²) in [5.74, 6) is -0.473. The summed E-state index contributed by atoms with van der Waals surface area (Å²) in [7, 11) is 0. The molecule has 0 radical (unpaired) electrons. The molecule has 1 aromatic carbocycles. The summed E-state index contributed by atoms with van der Waals surface area (Å²) in [6.07, 6.45) is 0.375. The van der Waals surface area contributed by atoms with Crippen LogP contribution in [-0.2, 0) is 11.2 Å². The first-order chi connectivity index (χ1) is 8.90. The molecule has 1 aromatic rings. The molecule has 7 nitrogen and oxygen atoms in total. The van der Waals surface area contributed by atoms with Crippen LogP contribution in [0.2, 0.25) is 0 Å². The topological polar surface area (TPSA) is 124 Å². The number of nitrogens with two attached hydrogens (primary N) is 2. The lowest BCUT2D eigenvalue weighted by atomic mass is 10.0. The molecule has 104 valence electrons. The van der Waals surface area contributed by atoms with Gasteiger partial charge in [-0.3, -0.25) is 14.9 Å². The highest BCUT2D eigenvalue weighted by molar-refractivity contribution is 5.80.